The summed E-state index contributed by atoms with van der Waals surface area (Å²) >= 11 is 0. The molecule has 2 unspecified atom stereocenters. The number of halogens is 1. The lowest BCUT2D eigenvalue weighted by Crippen LogP contribution is -2.36. The zero-order valence-corrected chi connectivity index (χ0v) is 13.2. The first kappa shape index (κ1) is 16.9. The van der Waals surface area contributed by atoms with E-state index in [2.05, 4.69) is 0 Å². The van der Waals surface area contributed by atoms with Crippen LogP contribution >= 0.6 is 0 Å². The van der Waals surface area contributed by atoms with Gasteiger partial charge in [0.15, 0.2) is 9.84 Å². The van der Waals surface area contributed by atoms with Crippen molar-refractivity contribution in [2.45, 2.75) is 31.9 Å². The highest BCUT2D eigenvalue weighted by Gasteiger charge is 2.36. The Hall–Kier alpha value is -1.47. The molecule has 1 aliphatic rings. The average Bonchev–Trinajstić information content (AvgIpc) is 2.81. The Bertz CT molecular complexity index is 629. The summed E-state index contributed by atoms with van der Waals surface area (Å²) in [6.45, 7) is 1.84. The minimum atomic E-state index is -3.43. The molecule has 2 rings (SSSR count). The fourth-order valence-corrected chi connectivity index (χ4v) is 4.05. The monoisotopic (exact) mass is 329 g/mol. The number of rotatable bonds is 5. The number of benzene rings is 1. The smallest absolute Gasteiger partial charge is 0.238 e. The minimum absolute atomic E-state index is 0.0314. The number of sulfone groups is 1. The van der Waals surface area contributed by atoms with Gasteiger partial charge < -0.3 is 10.0 Å². The Kier molecular flexibility index (Phi) is 5.18. The predicted octanol–water partition coefficient (Wildman–Crippen LogP) is 1.28. The molecule has 122 valence electrons. The van der Waals surface area contributed by atoms with Crippen LogP contribution in [0.4, 0.5) is 4.39 Å². The fourth-order valence-electron chi connectivity index (χ4n) is 2.74. The van der Waals surface area contributed by atoms with Crippen LogP contribution < -0.4 is 0 Å². The number of aliphatic hydroxyl groups excluding tert-OH is 1. The second kappa shape index (κ2) is 6.75. The summed E-state index contributed by atoms with van der Waals surface area (Å²) in [6.07, 6.45) is 0.0815. The van der Waals surface area contributed by atoms with Crippen molar-refractivity contribution in [1.29, 1.82) is 0 Å². The van der Waals surface area contributed by atoms with Crippen LogP contribution in [-0.4, -0.2) is 48.5 Å². The number of hydrogen-bond acceptors (Lipinski definition) is 4. The van der Waals surface area contributed by atoms with E-state index in [0.29, 0.717) is 18.4 Å². The highest BCUT2D eigenvalue weighted by atomic mass is 32.2. The van der Waals surface area contributed by atoms with Crippen molar-refractivity contribution >= 4 is 15.7 Å². The summed E-state index contributed by atoms with van der Waals surface area (Å²) in [5.74, 6) is -1.48. The lowest BCUT2D eigenvalue weighted by atomic mass is 10.0. The van der Waals surface area contributed by atoms with E-state index in [1.807, 2.05) is 0 Å². The maximum Gasteiger partial charge on any atom is 0.238 e. The van der Waals surface area contributed by atoms with Crippen LogP contribution in [0, 0.1) is 5.82 Å². The minimum Gasteiger partial charge on any atom is -0.391 e. The van der Waals surface area contributed by atoms with Crippen molar-refractivity contribution in [2.24, 2.45) is 0 Å². The van der Waals surface area contributed by atoms with E-state index in [1.165, 1.54) is 17.0 Å². The van der Waals surface area contributed by atoms with Crippen molar-refractivity contribution in [3.05, 3.63) is 35.6 Å². The molecule has 1 aromatic carbocycles. The van der Waals surface area contributed by atoms with Crippen molar-refractivity contribution in [3.63, 3.8) is 0 Å². The van der Waals surface area contributed by atoms with Crippen LogP contribution in [0.25, 0.3) is 0 Å². The molecule has 0 saturated carbocycles. The van der Waals surface area contributed by atoms with Gasteiger partial charge in [0.25, 0.3) is 0 Å². The van der Waals surface area contributed by atoms with Crippen molar-refractivity contribution in [2.75, 3.05) is 18.1 Å². The van der Waals surface area contributed by atoms with E-state index in [1.54, 1.807) is 19.1 Å². The van der Waals surface area contributed by atoms with Gasteiger partial charge in [-0.15, -0.1) is 0 Å². The van der Waals surface area contributed by atoms with Gasteiger partial charge in [-0.25, -0.2) is 12.8 Å². The van der Waals surface area contributed by atoms with E-state index in [9.17, 15) is 22.7 Å². The zero-order valence-electron chi connectivity index (χ0n) is 12.4. The number of carbonyl (C=O) groups excluding carboxylic acids is 1. The maximum absolute atomic E-state index is 13.0. The molecule has 1 amide bonds. The first-order valence-electron chi connectivity index (χ1n) is 7.26. The number of β-amino-alcohol motifs (C(OH)–C–C–N with tert-alkyl or cyclic N) is 1. The molecule has 7 heteroatoms. The number of aliphatic hydroxyl groups is 1. The Balaban J connectivity index is 2.17. The van der Waals surface area contributed by atoms with Gasteiger partial charge in [-0.3, -0.25) is 4.79 Å². The van der Waals surface area contributed by atoms with Gasteiger partial charge in [-0.05, 0) is 30.5 Å². The van der Waals surface area contributed by atoms with E-state index in [4.69, 9.17) is 0 Å². The molecule has 1 fully saturated rings. The summed E-state index contributed by atoms with van der Waals surface area (Å²) in [6, 6.07) is 5.27. The maximum atomic E-state index is 13.0. The number of hydrogen-bond donors (Lipinski definition) is 1. The quantitative estimate of drug-likeness (QED) is 0.883. The van der Waals surface area contributed by atoms with Crippen LogP contribution in [0.3, 0.4) is 0 Å². The van der Waals surface area contributed by atoms with Crippen molar-refractivity contribution in [1.82, 2.24) is 4.90 Å². The van der Waals surface area contributed by atoms with E-state index >= 15 is 0 Å². The topological polar surface area (TPSA) is 74.7 Å². The highest BCUT2D eigenvalue weighted by molar-refractivity contribution is 7.92. The van der Waals surface area contributed by atoms with Gasteiger partial charge >= 0.3 is 0 Å². The molecule has 0 spiro atoms. The van der Waals surface area contributed by atoms with Gasteiger partial charge in [-0.1, -0.05) is 19.1 Å². The second-order valence-electron chi connectivity index (χ2n) is 5.60. The average molecular weight is 329 g/mol. The molecule has 1 aromatic rings. The zero-order chi connectivity index (χ0) is 16.3. The van der Waals surface area contributed by atoms with Crippen molar-refractivity contribution < 1.29 is 22.7 Å². The third kappa shape index (κ3) is 4.04. The van der Waals surface area contributed by atoms with Gasteiger partial charge in [0, 0.05) is 6.54 Å². The first-order chi connectivity index (χ1) is 10.3. The van der Waals surface area contributed by atoms with Crippen molar-refractivity contribution in [3.8, 4) is 0 Å². The normalized spacial score (nSPS) is 22.0. The largest absolute Gasteiger partial charge is 0.391 e. The number of likely N-dealkylation sites (tertiary alicyclic amines) is 1. The summed E-state index contributed by atoms with van der Waals surface area (Å²) in [7, 11) is -3.43. The Morgan fingerprint density at radius 1 is 1.36 bits per heavy atom. The molecule has 0 aromatic heterocycles. The van der Waals surface area contributed by atoms with Gasteiger partial charge in [0.1, 0.15) is 11.6 Å². The third-order valence-corrected chi connectivity index (χ3v) is 5.43. The summed E-state index contributed by atoms with van der Waals surface area (Å²) < 4.78 is 36.6. The highest BCUT2D eigenvalue weighted by Crippen LogP contribution is 2.32. The third-order valence-electron chi connectivity index (χ3n) is 3.71. The molecule has 2 atom stereocenters. The van der Waals surface area contributed by atoms with Crippen LogP contribution in [0.1, 0.15) is 31.4 Å². The van der Waals surface area contributed by atoms with Crippen LogP contribution in [0.2, 0.25) is 0 Å². The molecule has 1 heterocycles. The van der Waals surface area contributed by atoms with Gasteiger partial charge in [0.05, 0.1) is 17.9 Å². The lowest BCUT2D eigenvalue weighted by molar-refractivity contribution is -0.129. The first-order valence-corrected chi connectivity index (χ1v) is 9.08. The van der Waals surface area contributed by atoms with E-state index < -0.39 is 33.6 Å². The fraction of sp³-hybridized carbons (Fsp3) is 0.533. The molecule has 1 N–H and O–H groups in total. The molecule has 5 nitrogen and oxygen atoms in total. The summed E-state index contributed by atoms with van der Waals surface area (Å²) in [5, 5.41) is 9.82. The molecular formula is C15H20FNO4S. The standard InChI is InChI=1S/C15H20FNO4S/c1-2-7-22(20,21)10-15(19)17-9-13(18)8-14(17)11-3-5-12(16)6-4-11/h3-6,13-14,18H,2,7-10H2,1H3. The predicted molar refractivity (Wildman–Crippen MR) is 80.4 cm³/mol. The summed E-state index contributed by atoms with van der Waals surface area (Å²) in [4.78, 5) is 13.7. The SMILES string of the molecule is CCCS(=O)(=O)CC(=O)N1CC(O)CC1c1ccc(F)cc1. The molecule has 22 heavy (non-hydrogen) atoms. The van der Waals surface area contributed by atoms with E-state index in [0.717, 1.165) is 0 Å². The van der Waals surface area contributed by atoms with Crippen LogP contribution in [0.5, 0.6) is 0 Å². The van der Waals surface area contributed by atoms with Crippen LogP contribution in [-0.2, 0) is 14.6 Å². The van der Waals surface area contributed by atoms with Gasteiger partial charge in [-0.2, -0.15) is 0 Å². The number of carbonyl (C=O) groups is 1. The molecule has 0 radical (unpaired) electrons. The Morgan fingerprint density at radius 2 is 2.00 bits per heavy atom. The second-order valence-corrected chi connectivity index (χ2v) is 7.78. The lowest BCUT2D eigenvalue weighted by Gasteiger charge is -2.24. The molecular weight excluding hydrogens is 309 g/mol. The Morgan fingerprint density at radius 3 is 2.59 bits per heavy atom. The van der Waals surface area contributed by atoms with Crippen LogP contribution in [0.15, 0.2) is 24.3 Å². The van der Waals surface area contributed by atoms with Gasteiger partial charge in [0.2, 0.25) is 5.91 Å². The molecule has 1 saturated heterocycles. The molecule has 0 bridgehead atoms. The summed E-state index contributed by atoms with van der Waals surface area (Å²) in [5.41, 5.74) is 0.694. The van der Waals surface area contributed by atoms with E-state index in [-0.39, 0.29) is 18.1 Å². The number of amides is 1. The molecule has 0 aliphatic carbocycles. The molecule has 1 aliphatic heterocycles. The Labute approximate surface area is 129 Å². The number of nitrogens with zero attached hydrogens (tertiary/aromatic N) is 1.